The maximum atomic E-state index is 5.98. The summed E-state index contributed by atoms with van der Waals surface area (Å²) in [6.07, 6.45) is 8.00. The minimum absolute atomic E-state index is 0.493. The van der Waals surface area contributed by atoms with Crippen LogP contribution in [0.5, 0.6) is 0 Å². The maximum Gasteiger partial charge on any atom is 0.191 e. The molecule has 6 nitrogen and oxygen atoms in total. The van der Waals surface area contributed by atoms with E-state index in [1.807, 2.05) is 18.7 Å². The molecule has 142 valence electrons. The van der Waals surface area contributed by atoms with Gasteiger partial charge in [0.15, 0.2) is 5.96 Å². The predicted molar refractivity (Wildman–Crippen MR) is 103 cm³/mol. The first kappa shape index (κ1) is 19.8. The molecule has 6 heteroatoms. The number of aromatic nitrogens is 2. The number of ether oxygens (including phenoxy) is 1. The Hall–Kier alpha value is -1.56. The highest BCUT2D eigenvalue weighted by atomic mass is 16.5. The van der Waals surface area contributed by atoms with Crippen LogP contribution in [0.2, 0.25) is 0 Å². The van der Waals surface area contributed by atoms with E-state index in [2.05, 4.69) is 29.6 Å². The molecule has 1 aromatic heterocycles. The van der Waals surface area contributed by atoms with Crippen LogP contribution in [0.15, 0.2) is 4.99 Å². The highest BCUT2D eigenvalue weighted by molar-refractivity contribution is 5.79. The molecule has 2 N–H and O–H groups in total. The lowest BCUT2D eigenvalue weighted by molar-refractivity contribution is 0.0277. The van der Waals surface area contributed by atoms with Gasteiger partial charge in [-0.15, -0.1) is 0 Å². The summed E-state index contributed by atoms with van der Waals surface area (Å²) >= 11 is 0. The number of aliphatic imine (C=N–C) groups is 1. The third kappa shape index (κ3) is 6.34. The number of guanidine groups is 1. The molecule has 0 unspecified atom stereocenters. The first-order valence-electron chi connectivity index (χ1n) is 9.74. The summed E-state index contributed by atoms with van der Waals surface area (Å²) in [5.41, 5.74) is 3.44. The van der Waals surface area contributed by atoms with E-state index in [1.54, 1.807) is 0 Å². The van der Waals surface area contributed by atoms with Crippen LogP contribution in [-0.2, 0) is 18.3 Å². The van der Waals surface area contributed by atoms with Crippen molar-refractivity contribution in [2.75, 3.05) is 19.7 Å². The van der Waals surface area contributed by atoms with Gasteiger partial charge in [0.1, 0.15) is 0 Å². The molecule has 1 saturated carbocycles. The van der Waals surface area contributed by atoms with Crippen LogP contribution in [-0.4, -0.2) is 41.5 Å². The lowest BCUT2D eigenvalue weighted by Gasteiger charge is -2.22. The van der Waals surface area contributed by atoms with Crippen molar-refractivity contribution < 1.29 is 4.74 Å². The smallest absolute Gasteiger partial charge is 0.191 e. The molecule has 0 aromatic carbocycles. The van der Waals surface area contributed by atoms with E-state index in [4.69, 9.17) is 9.73 Å². The first-order chi connectivity index (χ1) is 12.1. The zero-order valence-electron chi connectivity index (χ0n) is 16.4. The fraction of sp³-hybridized carbons (Fsp3) is 0.789. The van der Waals surface area contributed by atoms with Crippen LogP contribution in [0.3, 0.4) is 0 Å². The molecule has 0 atom stereocenters. The molecular formula is C19H35N5O. The lowest BCUT2D eigenvalue weighted by Crippen LogP contribution is -2.38. The number of rotatable bonds is 8. The highest BCUT2D eigenvalue weighted by Crippen LogP contribution is 2.20. The molecule has 25 heavy (non-hydrogen) atoms. The number of nitrogens with zero attached hydrogens (tertiary/aromatic N) is 3. The first-order valence-corrected chi connectivity index (χ1v) is 9.74. The van der Waals surface area contributed by atoms with E-state index < -0.39 is 0 Å². The van der Waals surface area contributed by atoms with Crippen molar-refractivity contribution in [1.29, 1.82) is 0 Å². The van der Waals surface area contributed by atoms with Gasteiger partial charge in [0, 0.05) is 38.0 Å². The number of hydrogen-bond donors (Lipinski definition) is 2. The summed E-state index contributed by atoms with van der Waals surface area (Å²) in [7, 11) is 1.98. The topological polar surface area (TPSA) is 63.5 Å². The lowest BCUT2D eigenvalue weighted by atomic mass is 9.98. The van der Waals surface area contributed by atoms with Crippen LogP contribution in [0.25, 0.3) is 0 Å². The molecule has 1 aliphatic carbocycles. The molecule has 0 bridgehead atoms. The summed E-state index contributed by atoms with van der Waals surface area (Å²) in [6, 6.07) is 0. The Morgan fingerprint density at radius 1 is 1.24 bits per heavy atom. The van der Waals surface area contributed by atoms with E-state index in [0.29, 0.717) is 12.6 Å². The molecule has 0 amide bonds. The number of hydrogen-bond acceptors (Lipinski definition) is 3. The third-order valence-electron chi connectivity index (χ3n) is 4.92. The summed E-state index contributed by atoms with van der Waals surface area (Å²) in [5.74, 6) is 0.864. The van der Waals surface area contributed by atoms with Crippen molar-refractivity contribution >= 4 is 5.96 Å². The van der Waals surface area contributed by atoms with Crippen molar-refractivity contribution in [3.05, 3.63) is 17.0 Å². The SMILES string of the molecule is CCNC(=NCc1c(C)nn(C)c1C)NCCCOC1CCCCC1. The Bertz CT molecular complexity index is 546. The summed E-state index contributed by atoms with van der Waals surface area (Å²) in [4.78, 5) is 4.71. The Kier molecular flexibility index (Phi) is 8.25. The van der Waals surface area contributed by atoms with Gasteiger partial charge in [0.05, 0.1) is 18.3 Å². The second kappa shape index (κ2) is 10.4. The van der Waals surface area contributed by atoms with Gasteiger partial charge in [-0.2, -0.15) is 5.10 Å². The summed E-state index contributed by atoms with van der Waals surface area (Å²) in [5, 5.41) is 11.2. The molecule has 0 aliphatic heterocycles. The zero-order chi connectivity index (χ0) is 18.1. The molecule has 0 spiro atoms. The van der Waals surface area contributed by atoms with Crippen LogP contribution >= 0.6 is 0 Å². The van der Waals surface area contributed by atoms with E-state index in [0.717, 1.165) is 37.8 Å². The van der Waals surface area contributed by atoms with Gasteiger partial charge in [-0.3, -0.25) is 4.68 Å². The second-order valence-corrected chi connectivity index (χ2v) is 6.88. The van der Waals surface area contributed by atoms with Crippen molar-refractivity contribution in [2.45, 2.75) is 71.9 Å². The Balaban J connectivity index is 1.73. The Labute approximate surface area is 152 Å². The van der Waals surface area contributed by atoms with Crippen molar-refractivity contribution in [2.24, 2.45) is 12.0 Å². The average Bonchev–Trinajstić information content (AvgIpc) is 2.85. The summed E-state index contributed by atoms with van der Waals surface area (Å²) in [6.45, 7) is 9.44. The van der Waals surface area contributed by atoms with Gasteiger partial charge in [-0.1, -0.05) is 19.3 Å². The number of nitrogens with one attached hydrogen (secondary N) is 2. The third-order valence-corrected chi connectivity index (χ3v) is 4.92. The Morgan fingerprint density at radius 3 is 2.64 bits per heavy atom. The van der Waals surface area contributed by atoms with E-state index in [9.17, 15) is 0 Å². The standard InChI is InChI=1S/C19H35N5O/c1-5-20-19(22-14-18-15(2)23-24(4)16(18)3)21-12-9-13-25-17-10-7-6-8-11-17/h17H,5-14H2,1-4H3,(H2,20,21,22). The minimum atomic E-state index is 0.493. The normalized spacial score (nSPS) is 16.2. The largest absolute Gasteiger partial charge is 0.378 e. The van der Waals surface area contributed by atoms with Crippen LogP contribution in [0.1, 0.15) is 62.4 Å². The second-order valence-electron chi connectivity index (χ2n) is 6.88. The molecule has 0 saturated heterocycles. The van der Waals surface area contributed by atoms with E-state index >= 15 is 0 Å². The van der Waals surface area contributed by atoms with Gasteiger partial charge in [0.25, 0.3) is 0 Å². The zero-order valence-corrected chi connectivity index (χ0v) is 16.4. The fourth-order valence-electron chi connectivity index (χ4n) is 3.31. The van der Waals surface area contributed by atoms with Gasteiger partial charge >= 0.3 is 0 Å². The monoisotopic (exact) mass is 349 g/mol. The molecular weight excluding hydrogens is 314 g/mol. The van der Waals surface area contributed by atoms with Crippen LogP contribution in [0.4, 0.5) is 0 Å². The van der Waals surface area contributed by atoms with Crippen molar-refractivity contribution in [1.82, 2.24) is 20.4 Å². The molecule has 1 aromatic rings. The molecule has 2 rings (SSSR count). The molecule has 1 aliphatic rings. The molecule has 0 radical (unpaired) electrons. The van der Waals surface area contributed by atoms with Gasteiger partial charge in [0.2, 0.25) is 0 Å². The van der Waals surface area contributed by atoms with Crippen molar-refractivity contribution in [3.8, 4) is 0 Å². The highest BCUT2D eigenvalue weighted by Gasteiger charge is 2.13. The Morgan fingerprint density at radius 2 is 2.00 bits per heavy atom. The quantitative estimate of drug-likeness (QED) is 0.430. The average molecular weight is 350 g/mol. The predicted octanol–water partition coefficient (Wildman–Crippen LogP) is 2.83. The minimum Gasteiger partial charge on any atom is -0.378 e. The maximum absolute atomic E-state index is 5.98. The van der Waals surface area contributed by atoms with Crippen molar-refractivity contribution in [3.63, 3.8) is 0 Å². The summed E-state index contributed by atoms with van der Waals surface area (Å²) < 4.78 is 7.90. The van der Waals surface area contributed by atoms with Gasteiger partial charge < -0.3 is 15.4 Å². The van der Waals surface area contributed by atoms with Gasteiger partial charge in [-0.05, 0) is 40.0 Å². The van der Waals surface area contributed by atoms with E-state index in [1.165, 1.54) is 43.4 Å². The fourth-order valence-corrected chi connectivity index (χ4v) is 3.31. The van der Waals surface area contributed by atoms with Crippen LogP contribution in [0, 0.1) is 13.8 Å². The molecule has 1 heterocycles. The number of aryl methyl sites for hydroxylation is 2. The molecule has 1 fully saturated rings. The van der Waals surface area contributed by atoms with Gasteiger partial charge in [-0.25, -0.2) is 4.99 Å². The van der Waals surface area contributed by atoms with Crippen LogP contribution < -0.4 is 10.6 Å². The van der Waals surface area contributed by atoms with E-state index in [-0.39, 0.29) is 0 Å².